The largest absolute Gasteiger partial charge is 0.388 e. The molecule has 2 aromatic heterocycles. The van der Waals surface area contributed by atoms with Crippen LogP contribution in [0.2, 0.25) is 0 Å². The first-order valence-electron chi connectivity index (χ1n) is 13.1. The molecule has 9 heteroatoms. The summed E-state index contributed by atoms with van der Waals surface area (Å²) in [5, 5.41) is 11.3. The van der Waals surface area contributed by atoms with Gasteiger partial charge in [0.15, 0.2) is 11.2 Å². The van der Waals surface area contributed by atoms with E-state index in [1.807, 2.05) is 71.0 Å². The van der Waals surface area contributed by atoms with Crippen LogP contribution in [0.3, 0.4) is 0 Å². The van der Waals surface area contributed by atoms with E-state index < -0.39 is 5.60 Å². The lowest BCUT2D eigenvalue weighted by molar-refractivity contribution is -0.136. The van der Waals surface area contributed by atoms with Crippen molar-refractivity contribution in [1.82, 2.24) is 24.0 Å². The summed E-state index contributed by atoms with van der Waals surface area (Å²) in [7, 11) is 0. The van der Waals surface area contributed by atoms with Gasteiger partial charge in [-0.2, -0.15) is 0 Å². The Kier molecular flexibility index (Phi) is 7.14. The Morgan fingerprint density at radius 3 is 2.45 bits per heavy atom. The van der Waals surface area contributed by atoms with Crippen LogP contribution in [0, 0.1) is 6.92 Å². The number of likely N-dealkylation sites (tertiary alicyclic amines) is 1. The van der Waals surface area contributed by atoms with Gasteiger partial charge < -0.3 is 15.7 Å². The van der Waals surface area contributed by atoms with Crippen LogP contribution >= 0.6 is 0 Å². The van der Waals surface area contributed by atoms with Crippen molar-refractivity contribution in [2.24, 2.45) is 5.73 Å². The van der Waals surface area contributed by atoms with Gasteiger partial charge in [-0.15, -0.1) is 0 Å². The highest BCUT2D eigenvalue weighted by Crippen LogP contribution is 2.27. The van der Waals surface area contributed by atoms with Gasteiger partial charge in [-0.25, -0.2) is 9.97 Å². The molecule has 0 aliphatic carbocycles. The summed E-state index contributed by atoms with van der Waals surface area (Å²) in [6.45, 7) is 5.35. The fraction of sp³-hybridized carbons (Fsp3) is 0.379. The zero-order valence-electron chi connectivity index (χ0n) is 21.9. The van der Waals surface area contributed by atoms with E-state index in [0.717, 1.165) is 16.8 Å². The van der Waals surface area contributed by atoms with E-state index in [4.69, 9.17) is 5.73 Å². The van der Waals surface area contributed by atoms with Gasteiger partial charge in [-0.1, -0.05) is 49.4 Å². The lowest BCUT2D eigenvalue weighted by atomic mass is 9.90. The Labute approximate surface area is 221 Å². The summed E-state index contributed by atoms with van der Waals surface area (Å²) in [6.07, 6.45) is 2.70. The van der Waals surface area contributed by atoms with E-state index in [0.29, 0.717) is 50.4 Å². The van der Waals surface area contributed by atoms with Crippen LogP contribution in [0.1, 0.15) is 49.1 Å². The Morgan fingerprint density at radius 2 is 1.79 bits per heavy atom. The number of piperidine rings is 1. The number of carbonyl (C=O) groups excluding carboxylic acids is 1. The maximum atomic E-state index is 13.3. The molecule has 9 nitrogen and oxygen atoms in total. The van der Waals surface area contributed by atoms with Crippen LogP contribution in [0.15, 0.2) is 65.7 Å². The predicted octanol–water partition coefficient (Wildman–Crippen LogP) is 2.90. The number of aromatic nitrogens is 4. The monoisotopic (exact) mass is 514 g/mol. The maximum absolute atomic E-state index is 13.3. The van der Waals surface area contributed by atoms with E-state index in [1.165, 1.54) is 10.9 Å². The number of aryl methyl sites for hydroxylation is 1. The van der Waals surface area contributed by atoms with Crippen molar-refractivity contribution in [3.05, 3.63) is 88.2 Å². The lowest BCUT2D eigenvalue weighted by Gasteiger charge is -2.38. The second-order valence-corrected chi connectivity index (χ2v) is 10.3. The molecule has 1 fully saturated rings. The van der Waals surface area contributed by atoms with Crippen LogP contribution in [0.5, 0.6) is 0 Å². The molecule has 1 aliphatic rings. The van der Waals surface area contributed by atoms with Gasteiger partial charge in [-0.05, 0) is 48.9 Å². The quantitative estimate of drug-likeness (QED) is 0.391. The molecule has 1 atom stereocenters. The van der Waals surface area contributed by atoms with Gasteiger partial charge in [0.25, 0.3) is 5.56 Å². The third-order valence-electron chi connectivity index (χ3n) is 7.59. The highest BCUT2D eigenvalue weighted by Gasteiger charge is 2.35. The molecular formula is C29H34N6O3. The second-order valence-electron chi connectivity index (χ2n) is 10.3. The molecule has 1 saturated heterocycles. The summed E-state index contributed by atoms with van der Waals surface area (Å²) < 4.78 is 3.28. The summed E-state index contributed by atoms with van der Waals surface area (Å²) in [5.41, 5.74) is 8.06. The first-order chi connectivity index (χ1) is 18.3. The molecule has 38 heavy (non-hydrogen) atoms. The smallest absolute Gasteiger partial charge is 0.281 e. The molecule has 198 valence electrons. The van der Waals surface area contributed by atoms with Crippen LogP contribution in [0.4, 0.5) is 0 Å². The number of amides is 1. The fourth-order valence-electron chi connectivity index (χ4n) is 5.24. The summed E-state index contributed by atoms with van der Waals surface area (Å²) in [4.78, 5) is 37.1. The molecule has 0 saturated carbocycles. The van der Waals surface area contributed by atoms with Crippen molar-refractivity contribution >= 4 is 17.1 Å². The molecule has 3 heterocycles. The second kappa shape index (κ2) is 10.5. The molecule has 5 rings (SSSR count). The number of benzene rings is 2. The number of aliphatic hydroxyl groups is 1. The number of fused-ring (bicyclic) bond motifs is 1. The standard InChI is InChI=1S/C29H34N6O3/c1-20(23-6-4-3-5-7-23)16-25(36)33-14-12-29(38,13-15-33)18-34-19-31-27-26(28(34)37)32-21(2)35(27)24-10-8-22(17-30)9-11-24/h3-11,19-20,38H,12-18,30H2,1-2H3/t20-/m1/s1. The number of carbonyl (C=O) groups is 1. The SMILES string of the molecule is Cc1nc2c(=O)n(CC3(O)CCN(C(=O)C[C@@H](C)c4ccccc4)CC3)cnc2n1-c1ccc(CN)cc1. The predicted molar refractivity (Wildman–Crippen MR) is 146 cm³/mol. The van der Waals surface area contributed by atoms with Gasteiger partial charge in [0.2, 0.25) is 5.91 Å². The van der Waals surface area contributed by atoms with Gasteiger partial charge in [0.05, 0.1) is 12.1 Å². The van der Waals surface area contributed by atoms with E-state index in [9.17, 15) is 14.7 Å². The number of nitrogens with zero attached hydrogens (tertiary/aromatic N) is 5. The Hall–Kier alpha value is -3.82. The minimum absolute atomic E-state index is 0.0872. The number of hydrogen-bond acceptors (Lipinski definition) is 6. The van der Waals surface area contributed by atoms with E-state index in [-0.39, 0.29) is 29.4 Å². The van der Waals surface area contributed by atoms with Crippen molar-refractivity contribution in [3.63, 3.8) is 0 Å². The molecule has 3 N–H and O–H groups in total. The van der Waals surface area contributed by atoms with Gasteiger partial charge >= 0.3 is 0 Å². The van der Waals surface area contributed by atoms with Gasteiger partial charge in [0, 0.05) is 31.7 Å². The Balaban J connectivity index is 1.28. The molecule has 0 radical (unpaired) electrons. The van der Waals surface area contributed by atoms with E-state index >= 15 is 0 Å². The van der Waals surface area contributed by atoms with Crippen LogP contribution < -0.4 is 11.3 Å². The minimum atomic E-state index is -1.10. The highest BCUT2D eigenvalue weighted by molar-refractivity contribution is 5.77. The first-order valence-corrected chi connectivity index (χ1v) is 13.1. The normalized spacial score (nSPS) is 16.1. The first kappa shape index (κ1) is 25.8. The number of rotatable bonds is 7. The molecule has 0 unspecified atom stereocenters. The van der Waals surface area contributed by atoms with E-state index in [2.05, 4.69) is 16.9 Å². The molecule has 2 aromatic carbocycles. The summed E-state index contributed by atoms with van der Waals surface area (Å²) in [6, 6.07) is 17.8. The van der Waals surface area contributed by atoms with Crippen LogP contribution in [-0.2, 0) is 17.9 Å². The van der Waals surface area contributed by atoms with Gasteiger partial charge in [0.1, 0.15) is 12.2 Å². The third kappa shape index (κ3) is 5.12. The van der Waals surface area contributed by atoms with Crippen LogP contribution in [-0.4, -0.2) is 53.7 Å². The Morgan fingerprint density at radius 1 is 1.11 bits per heavy atom. The summed E-state index contributed by atoms with van der Waals surface area (Å²) >= 11 is 0. The molecule has 4 aromatic rings. The Bertz CT molecular complexity index is 1480. The maximum Gasteiger partial charge on any atom is 0.281 e. The number of imidazole rings is 1. The average Bonchev–Trinajstić information content (AvgIpc) is 3.27. The average molecular weight is 515 g/mol. The van der Waals surface area contributed by atoms with Crippen LogP contribution in [0.25, 0.3) is 16.9 Å². The molecule has 1 aliphatic heterocycles. The van der Waals surface area contributed by atoms with E-state index in [1.54, 1.807) is 0 Å². The lowest BCUT2D eigenvalue weighted by Crippen LogP contribution is -2.49. The van der Waals surface area contributed by atoms with Crippen molar-refractivity contribution < 1.29 is 9.90 Å². The van der Waals surface area contributed by atoms with Gasteiger partial charge in [-0.3, -0.25) is 18.7 Å². The minimum Gasteiger partial charge on any atom is -0.388 e. The number of hydrogen-bond donors (Lipinski definition) is 2. The molecule has 0 bridgehead atoms. The van der Waals surface area contributed by atoms with Crippen molar-refractivity contribution in [3.8, 4) is 5.69 Å². The fourth-order valence-corrected chi connectivity index (χ4v) is 5.24. The zero-order valence-corrected chi connectivity index (χ0v) is 21.9. The molecular weight excluding hydrogens is 480 g/mol. The van der Waals surface area contributed by atoms with Crippen molar-refractivity contribution in [2.45, 2.75) is 57.7 Å². The van der Waals surface area contributed by atoms with Crippen molar-refractivity contribution in [2.75, 3.05) is 13.1 Å². The number of nitrogens with two attached hydrogens (primary N) is 1. The highest BCUT2D eigenvalue weighted by atomic mass is 16.3. The topological polar surface area (TPSA) is 119 Å². The molecule has 0 spiro atoms. The summed E-state index contributed by atoms with van der Waals surface area (Å²) in [5.74, 6) is 0.866. The molecule has 1 amide bonds. The van der Waals surface area contributed by atoms with Crippen molar-refractivity contribution in [1.29, 1.82) is 0 Å². The third-order valence-corrected chi connectivity index (χ3v) is 7.59. The zero-order chi connectivity index (χ0) is 26.9.